The van der Waals surface area contributed by atoms with Gasteiger partial charge in [0.25, 0.3) is 11.1 Å². The Bertz CT molecular complexity index is 1320. The summed E-state index contributed by atoms with van der Waals surface area (Å²) in [7, 11) is 0. The minimum atomic E-state index is -0.385. The van der Waals surface area contributed by atoms with Crippen molar-refractivity contribution in [3.8, 4) is 11.1 Å². The topological polar surface area (TPSA) is 65.5 Å². The number of hydrogen-bond acceptors (Lipinski definition) is 6. The first-order chi connectivity index (χ1) is 17.0. The average molecular weight is 507 g/mol. The number of amides is 2. The van der Waals surface area contributed by atoms with Crippen LogP contribution in [0.15, 0.2) is 53.6 Å². The number of fused-ring (bicyclic) bond motifs is 1. The normalized spacial score (nSPS) is 18.0. The van der Waals surface area contributed by atoms with Crippen LogP contribution in [0.2, 0.25) is 5.02 Å². The van der Waals surface area contributed by atoms with Gasteiger partial charge < -0.3 is 4.90 Å². The first kappa shape index (κ1) is 23.9. The number of rotatable bonds is 6. The third-order valence-electron chi connectivity index (χ3n) is 6.51. The molecule has 2 fully saturated rings. The number of anilines is 1. The van der Waals surface area contributed by atoms with Gasteiger partial charge >= 0.3 is 0 Å². The molecule has 2 amide bonds. The van der Waals surface area contributed by atoms with Crippen molar-refractivity contribution in [2.45, 2.75) is 19.8 Å². The fourth-order valence-corrected chi connectivity index (χ4v) is 5.56. The number of thioether (sulfide) groups is 1. The molecule has 0 radical (unpaired) electrons. The summed E-state index contributed by atoms with van der Waals surface area (Å²) in [5.74, 6) is -0.385. The Morgan fingerprint density at radius 2 is 1.94 bits per heavy atom. The van der Waals surface area contributed by atoms with Crippen LogP contribution in [0.5, 0.6) is 0 Å². The van der Waals surface area contributed by atoms with E-state index in [1.807, 2.05) is 24.3 Å². The van der Waals surface area contributed by atoms with Gasteiger partial charge in [0.15, 0.2) is 0 Å². The smallest absolute Gasteiger partial charge is 0.290 e. The molecule has 35 heavy (non-hydrogen) atoms. The van der Waals surface area contributed by atoms with Crippen LogP contribution < -0.4 is 10.2 Å². The van der Waals surface area contributed by atoms with Crippen LogP contribution in [0.25, 0.3) is 28.0 Å². The maximum Gasteiger partial charge on any atom is 0.290 e. The molecule has 1 aromatic heterocycles. The lowest BCUT2D eigenvalue weighted by Gasteiger charge is -2.36. The molecule has 0 bridgehead atoms. The Balaban J connectivity index is 1.41. The Hall–Kier alpha value is -2.87. The lowest BCUT2D eigenvalue weighted by Crippen LogP contribution is -2.46. The highest BCUT2D eigenvalue weighted by Gasteiger charge is 2.25. The highest BCUT2D eigenvalue weighted by atomic mass is 35.5. The van der Waals surface area contributed by atoms with Gasteiger partial charge in [-0.25, -0.2) is 0 Å². The molecular formula is C27H27ClN4O2S. The summed E-state index contributed by atoms with van der Waals surface area (Å²) in [5.41, 5.74) is 3.77. The third-order valence-corrected chi connectivity index (χ3v) is 7.62. The van der Waals surface area contributed by atoms with Crippen molar-refractivity contribution in [3.05, 3.63) is 64.3 Å². The number of piperazine rings is 1. The zero-order chi connectivity index (χ0) is 24.4. The number of aromatic nitrogens is 1. The molecule has 5 rings (SSSR count). The van der Waals surface area contributed by atoms with Gasteiger partial charge in [-0.15, -0.1) is 0 Å². The van der Waals surface area contributed by atoms with Gasteiger partial charge in [-0.1, -0.05) is 49.2 Å². The average Bonchev–Trinajstić information content (AvgIpc) is 3.18. The van der Waals surface area contributed by atoms with E-state index in [-0.39, 0.29) is 11.1 Å². The molecule has 3 aromatic rings. The predicted molar refractivity (Wildman–Crippen MR) is 145 cm³/mol. The second kappa shape index (κ2) is 10.4. The number of unbranched alkanes of at least 4 members (excludes halogenated alkanes) is 1. The van der Waals surface area contributed by atoms with Gasteiger partial charge in [-0.05, 0) is 65.5 Å². The van der Waals surface area contributed by atoms with Crippen LogP contribution in [0, 0.1) is 0 Å². The fourth-order valence-electron chi connectivity index (χ4n) is 4.60. The van der Waals surface area contributed by atoms with Crippen molar-refractivity contribution < 1.29 is 9.59 Å². The maximum atomic E-state index is 11.9. The van der Waals surface area contributed by atoms with Gasteiger partial charge in [0.2, 0.25) is 0 Å². The van der Waals surface area contributed by atoms with Crippen molar-refractivity contribution in [1.29, 1.82) is 0 Å². The molecule has 0 unspecified atom stereocenters. The van der Waals surface area contributed by atoms with Crippen LogP contribution in [0.3, 0.4) is 0 Å². The zero-order valence-corrected chi connectivity index (χ0v) is 21.2. The number of imide groups is 1. The Morgan fingerprint density at radius 1 is 1.11 bits per heavy atom. The zero-order valence-electron chi connectivity index (χ0n) is 19.6. The summed E-state index contributed by atoms with van der Waals surface area (Å²) in [6.07, 6.45) is 5.92. The van der Waals surface area contributed by atoms with E-state index in [2.05, 4.69) is 45.2 Å². The highest BCUT2D eigenvalue weighted by Crippen LogP contribution is 2.35. The van der Waals surface area contributed by atoms with Crippen molar-refractivity contribution in [1.82, 2.24) is 15.2 Å². The SMILES string of the molecule is CCCCN1CCN(c2ccc(-c3cccc4cnc(C=C5SC(=O)NC5=O)cc34)cc2Cl)CC1. The van der Waals surface area contributed by atoms with Crippen molar-refractivity contribution >= 4 is 57.0 Å². The molecule has 3 heterocycles. The monoisotopic (exact) mass is 506 g/mol. The molecule has 0 aliphatic carbocycles. The molecule has 0 atom stereocenters. The molecule has 2 aliphatic heterocycles. The van der Waals surface area contributed by atoms with Gasteiger partial charge in [0.1, 0.15) is 0 Å². The van der Waals surface area contributed by atoms with E-state index in [9.17, 15) is 9.59 Å². The van der Waals surface area contributed by atoms with E-state index in [4.69, 9.17) is 11.6 Å². The highest BCUT2D eigenvalue weighted by molar-refractivity contribution is 8.18. The van der Waals surface area contributed by atoms with Crippen LogP contribution >= 0.6 is 23.4 Å². The molecule has 1 N–H and O–H groups in total. The first-order valence-corrected chi connectivity index (χ1v) is 13.1. The van der Waals surface area contributed by atoms with Crippen molar-refractivity contribution in [2.75, 3.05) is 37.6 Å². The number of nitrogens with zero attached hydrogens (tertiary/aromatic N) is 3. The standard InChI is InChI=1S/C27H27ClN4O2S/c1-2-3-9-31-10-12-32(13-11-31)24-8-7-18(14-23(24)28)21-6-4-5-19-17-29-20(15-22(19)21)16-25-26(33)30-27(34)35-25/h4-8,14-17H,2-3,9-13H2,1H3,(H,30,33,34). The molecule has 180 valence electrons. The number of nitrogens with one attached hydrogen (secondary N) is 1. The van der Waals surface area contributed by atoms with Crippen LogP contribution in [-0.2, 0) is 4.79 Å². The second-order valence-corrected chi connectivity index (χ2v) is 10.3. The first-order valence-electron chi connectivity index (χ1n) is 11.9. The summed E-state index contributed by atoms with van der Waals surface area (Å²) in [6, 6.07) is 14.3. The second-order valence-electron chi connectivity index (χ2n) is 8.84. The van der Waals surface area contributed by atoms with Crippen molar-refractivity contribution in [2.24, 2.45) is 0 Å². The number of benzene rings is 2. The quantitative estimate of drug-likeness (QED) is 0.426. The molecule has 2 aliphatic rings. The minimum absolute atomic E-state index is 0.349. The molecule has 6 nitrogen and oxygen atoms in total. The number of pyridine rings is 1. The van der Waals surface area contributed by atoms with E-state index < -0.39 is 0 Å². The molecule has 2 aromatic carbocycles. The predicted octanol–water partition coefficient (Wildman–Crippen LogP) is 5.80. The van der Waals surface area contributed by atoms with Gasteiger partial charge in [-0.3, -0.25) is 24.8 Å². The van der Waals surface area contributed by atoms with Gasteiger partial charge in [-0.2, -0.15) is 0 Å². The summed E-state index contributed by atoms with van der Waals surface area (Å²) in [4.78, 5) is 33.1. The Labute approximate surface area is 214 Å². The lowest BCUT2D eigenvalue weighted by atomic mass is 9.98. The van der Waals surface area contributed by atoms with E-state index in [0.717, 1.165) is 70.6 Å². The van der Waals surface area contributed by atoms with Gasteiger partial charge in [0.05, 0.1) is 21.3 Å². The van der Waals surface area contributed by atoms with Crippen molar-refractivity contribution in [3.63, 3.8) is 0 Å². The number of halogens is 1. The van der Waals surface area contributed by atoms with Crippen LogP contribution in [0.4, 0.5) is 10.5 Å². The van der Waals surface area contributed by atoms with E-state index in [1.165, 1.54) is 19.4 Å². The van der Waals surface area contributed by atoms with E-state index in [0.29, 0.717) is 10.6 Å². The van der Waals surface area contributed by atoms with Gasteiger partial charge in [0, 0.05) is 37.8 Å². The summed E-state index contributed by atoms with van der Waals surface area (Å²) >= 11 is 7.69. The Morgan fingerprint density at radius 3 is 2.66 bits per heavy atom. The van der Waals surface area contributed by atoms with E-state index in [1.54, 1.807) is 12.3 Å². The lowest BCUT2D eigenvalue weighted by molar-refractivity contribution is -0.115. The van der Waals surface area contributed by atoms with E-state index >= 15 is 0 Å². The molecule has 0 spiro atoms. The number of hydrogen-bond donors (Lipinski definition) is 1. The molecule has 0 saturated carbocycles. The molecule has 8 heteroatoms. The minimum Gasteiger partial charge on any atom is -0.368 e. The Kier molecular flexibility index (Phi) is 7.09. The summed E-state index contributed by atoms with van der Waals surface area (Å²) in [5, 5.41) is 4.67. The molecule has 2 saturated heterocycles. The fraction of sp³-hybridized carbons (Fsp3) is 0.296. The number of carbonyl (C=O) groups is 2. The van der Waals surface area contributed by atoms with Crippen LogP contribution in [0.1, 0.15) is 25.5 Å². The largest absolute Gasteiger partial charge is 0.368 e. The summed E-state index contributed by atoms with van der Waals surface area (Å²) < 4.78 is 0. The third kappa shape index (κ3) is 5.22. The summed E-state index contributed by atoms with van der Waals surface area (Å²) in [6.45, 7) is 7.50. The van der Waals surface area contributed by atoms with Crippen LogP contribution in [-0.4, -0.2) is 53.8 Å². The molecular weight excluding hydrogens is 480 g/mol. The maximum absolute atomic E-state index is 11.9. The number of carbonyl (C=O) groups excluding carboxylic acids is 2.